The van der Waals surface area contributed by atoms with Crippen LogP contribution in [0.2, 0.25) is 0 Å². The number of hydrogen-bond acceptors (Lipinski definition) is 8. The van der Waals surface area contributed by atoms with E-state index in [1.54, 1.807) is 40.8 Å². The average molecular weight is 564 g/mol. The Hall–Kier alpha value is -2.55. The Morgan fingerprint density at radius 1 is 1.13 bits per heavy atom. The maximum absolute atomic E-state index is 13.2. The molecule has 2 aliphatic heterocycles. The lowest BCUT2D eigenvalue weighted by atomic mass is 9.88. The Morgan fingerprint density at radius 2 is 1.95 bits per heavy atom. The Kier molecular flexibility index (Phi) is 7.76. The molecule has 0 radical (unpaired) electrons. The van der Waals surface area contributed by atoms with Gasteiger partial charge in [0.1, 0.15) is 5.75 Å². The number of H-pyrrole nitrogens is 1. The second-order valence-corrected chi connectivity index (χ2v) is 13.6. The molecule has 5 rings (SSSR count). The van der Waals surface area contributed by atoms with Gasteiger partial charge in [-0.25, -0.2) is 21.6 Å². The van der Waals surface area contributed by atoms with Crippen LogP contribution in [0.25, 0.3) is 10.9 Å². The third-order valence-corrected chi connectivity index (χ3v) is 10.6. The molecular formula is C25H33N5O6S2. The van der Waals surface area contributed by atoms with E-state index in [1.807, 2.05) is 0 Å². The van der Waals surface area contributed by atoms with Crippen LogP contribution in [-0.4, -0.2) is 82.9 Å². The fourth-order valence-corrected chi connectivity index (χ4v) is 7.35. The van der Waals surface area contributed by atoms with Gasteiger partial charge in [0.15, 0.2) is 0 Å². The van der Waals surface area contributed by atoms with Crippen molar-refractivity contribution in [2.45, 2.75) is 47.1 Å². The molecule has 38 heavy (non-hydrogen) atoms. The van der Waals surface area contributed by atoms with Crippen molar-refractivity contribution in [3.63, 3.8) is 0 Å². The van der Waals surface area contributed by atoms with Crippen LogP contribution in [0.3, 0.4) is 0 Å². The first-order valence-electron chi connectivity index (χ1n) is 12.7. The third-order valence-electron chi connectivity index (χ3n) is 7.30. The van der Waals surface area contributed by atoms with E-state index in [9.17, 15) is 16.8 Å². The number of piperidine rings is 1. The Balaban J connectivity index is 1.06. The molecule has 2 aromatic carbocycles. The molecule has 1 spiro atoms. The van der Waals surface area contributed by atoms with Crippen LogP contribution in [0.4, 0.5) is 0 Å². The molecule has 1 aromatic heterocycles. The molecule has 3 aromatic rings. The second-order valence-electron chi connectivity index (χ2n) is 9.76. The van der Waals surface area contributed by atoms with Crippen molar-refractivity contribution in [2.75, 3.05) is 39.9 Å². The molecule has 0 aliphatic carbocycles. The number of hydrogen-bond donors (Lipinski definition) is 3. The minimum Gasteiger partial charge on any atom is -0.494 e. The third kappa shape index (κ3) is 5.72. The van der Waals surface area contributed by atoms with Crippen molar-refractivity contribution in [2.24, 2.45) is 0 Å². The molecule has 2 fully saturated rings. The van der Waals surface area contributed by atoms with Gasteiger partial charge in [0.05, 0.1) is 40.3 Å². The summed E-state index contributed by atoms with van der Waals surface area (Å²) in [6, 6.07) is 11.7. The largest absolute Gasteiger partial charge is 0.494 e. The number of aromatic nitrogens is 2. The van der Waals surface area contributed by atoms with Gasteiger partial charge in [0.25, 0.3) is 0 Å². The van der Waals surface area contributed by atoms with Gasteiger partial charge in [0, 0.05) is 30.6 Å². The van der Waals surface area contributed by atoms with Gasteiger partial charge < -0.3 is 14.8 Å². The fourth-order valence-electron chi connectivity index (χ4n) is 5.11. The average Bonchev–Trinajstić information content (AvgIpc) is 3.55. The van der Waals surface area contributed by atoms with Crippen molar-refractivity contribution >= 4 is 30.9 Å². The summed E-state index contributed by atoms with van der Waals surface area (Å²) < 4.78 is 66.1. The molecular weight excluding hydrogens is 530 g/mol. The standard InChI is InChI=1S/C25H33N5O6S2/c1-26-37(31,32)22-5-2-4-21(15-22)35-13-3-10-27-20-16-25(36-18-20)8-11-30(12-9-25)38(33,34)23-6-7-24-19(14-23)17-28-29-24/h2,4-7,14-15,17,20,26-27H,3,8-13,16,18H2,1H3,(H,28,29). The number of fused-ring (bicyclic) bond motifs is 1. The Bertz CT molecular complexity index is 1480. The minimum atomic E-state index is -3.58. The molecule has 1 unspecified atom stereocenters. The lowest BCUT2D eigenvalue weighted by molar-refractivity contribution is -0.0311. The lowest BCUT2D eigenvalue weighted by Crippen LogP contribution is -2.46. The zero-order valence-electron chi connectivity index (χ0n) is 21.2. The molecule has 206 valence electrons. The minimum absolute atomic E-state index is 0.168. The van der Waals surface area contributed by atoms with E-state index in [-0.39, 0.29) is 21.4 Å². The van der Waals surface area contributed by atoms with E-state index in [0.717, 1.165) is 30.3 Å². The maximum Gasteiger partial charge on any atom is 0.243 e. The van der Waals surface area contributed by atoms with Crippen LogP contribution in [0.15, 0.2) is 58.5 Å². The summed E-state index contributed by atoms with van der Waals surface area (Å²) in [5.41, 5.74) is 0.508. The van der Waals surface area contributed by atoms with E-state index in [1.165, 1.54) is 19.2 Å². The molecule has 2 saturated heterocycles. The number of benzene rings is 2. The summed E-state index contributed by atoms with van der Waals surface area (Å²) >= 11 is 0. The molecule has 3 N–H and O–H groups in total. The highest BCUT2D eigenvalue weighted by Gasteiger charge is 2.44. The quantitative estimate of drug-likeness (QED) is 0.317. The molecule has 2 aliphatic rings. The van der Waals surface area contributed by atoms with E-state index in [2.05, 4.69) is 20.2 Å². The summed E-state index contributed by atoms with van der Waals surface area (Å²) in [6.07, 6.45) is 4.54. The lowest BCUT2D eigenvalue weighted by Gasteiger charge is -2.38. The highest BCUT2D eigenvalue weighted by molar-refractivity contribution is 7.89. The van der Waals surface area contributed by atoms with Crippen molar-refractivity contribution in [1.82, 2.24) is 24.5 Å². The highest BCUT2D eigenvalue weighted by Crippen LogP contribution is 2.37. The monoisotopic (exact) mass is 563 g/mol. The maximum atomic E-state index is 13.2. The van der Waals surface area contributed by atoms with Crippen LogP contribution < -0.4 is 14.8 Å². The summed E-state index contributed by atoms with van der Waals surface area (Å²) in [5.74, 6) is 0.510. The van der Waals surface area contributed by atoms with Gasteiger partial charge in [0.2, 0.25) is 20.0 Å². The van der Waals surface area contributed by atoms with Crippen LogP contribution in [0, 0.1) is 0 Å². The van der Waals surface area contributed by atoms with E-state index in [0.29, 0.717) is 44.9 Å². The van der Waals surface area contributed by atoms with Gasteiger partial charge in [-0.3, -0.25) is 5.10 Å². The predicted octanol–water partition coefficient (Wildman–Crippen LogP) is 1.84. The SMILES string of the molecule is CNS(=O)(=O)c1cccc(OCCCNC2COC3(CCN(S(=O)(=O)c4ccc5[nH]ncc5c4)CC3)C2)c1. The van der Waals surface area contributed by atoms with E-state index in [4.69, 9.17) is 9.47 Å². The number of rotatable bonds is 10. The van der Waals surface area contributed by atoms with Crippen LogP contribution >= 0.6 is 0 Å². The molecule has 0 amide bonds. The first-order chi connectivity index (χ1) is 18.2. The van der Waals surface area contributed by atoms with Crippen LogP contribution in [-0.2, 0) is 24.8 Å². The summed E-state index contributed by atoms with van der Waals surface area (Å²) in [7, 11) is -5.71. The number of aromatic amines is 1. The summed E-state index contributed by atoms with van der Waals surface area (Å²) in [5, 5.41) is 11.1. The van der Waals surface area contributed by atoms with Crippen LogP contribution in [0.1, 0.15) is 25.7 Å². The predicted molar refractivity (Wildman–Crippen MR) is 142 cm³/mol. The highest BCUT2D eigenvalue weighted by atomic mass is 32.2. The number of ether oxygens (including phenoxy) is 2. The van der Waals surface area contributed by atoms with Crippen molar-refractivity contribution in [1.29, 1.82) is 0 Å². The summed E-state index contributed by atoms with van der Waals surface area (Å²) in [6.45, 7) is 2.62. The zero-order valence-corrected chi connectivity index (χ0v) is 22.9. The van der Waals surface area contributed by atoms with Crippen molar-refractivity contribution < 1.29 is 26.3 Å². The topological polar surface area (TPSA) is 143 Å². The fraction of sp³-hybridized carbons (Fsp3) is 0.480. The number of sulfonamides is 2. The van der Waals surface area contributed by atoms with Crippen LogP contribution in [0.5, 0.6) is 5.75 Å². The van der Waals surface area contributed by atoms with E-state index >= 15 is 0 Å². The molecule has 13 heteroatoms. The van der Waals surface area contributed by atoms with Gasteiger partial charge in [-0.05, 0) is 69.6 Å². The molecule has 1 atom stereocenters. The van der Waals surface area contributed by atoms with Gasteiger partial charge >= 0.3 is 0 Å². The van der Waals surface area contributed by atoms with Gasteiger partial charge in [-0.1, -0.05) is 6.07 Å². The molecule has 0 saturated carbocycles. The smallest absolute Gasteiger partial charge is 0.243 e. The first kappa shape index (κ1) is 27.0. The number of nitrogens with zero attached hydrogens (tertiary/aromatic N) is 2. The van der Waals surface area contributed by atoms with Crippen molar-refractivity contribution in [3.05, 3.63) is 48.7 Å². The van der Waals surface area contributed by atoms with Gasteiger partial charge in [-0.15, -0.1) is 0 Å². The molecule has 3 heterocycles. The second kappa shape index (κ2) is 10.9. The Labute approximate surface area is 223 Å². The zero-order chi connectivity index (χ0) is 26.8. The summed E-state index contributed by atoms with van der Waals surface area (Å²) in [4.78, 5) is 0.453. The first-order valence-corrected chi connectivity index (χ1v) is 15.6. The normalized spacial score (nSPS) is 20.3. The Morgan fingerprint density at radius 3 is 2.74 bits per heavy atom. The number of nitrogens with one attached hydrogen (secondary N) is 3. The molecule has 11 nitrogen and oxygen atoms in total. The van der Waals surface area contributed by atoms with E-state index < -0.39 is 20.0 Å². The van der Waals surface area contributed by atoms with Crippen molar-refractivity contribution in [3.8, 4) is 5.75 Å². The molecule has 0 bridgehead atoms. The van der Waals surface area contributed by atoms with Gasteiger partial charge in [-0.2, -0.15) is 9.40 Å².